The van der Waals surface area contributed by atoms with Crippen molar-refractivity contribution in [2.24, 2.45) is 0 Å². The van der Waals surface area contributed by atoms with E-state index >= 15 is 0 Å². The molecule has 3 heterocycles. The number of nitrogens with zero attached hydrogens (tertiary/aromatic N) is 5. The zero-order chi connectivity index (χ0) is 22.9. The monoisotopic (exact) mass is 462 g/mol. The van der Waals surface area contributed by atoms with Crippen LogP contribution in [-0.4, -0.2) is 46.5 Å². The van der Waals surface area contributed by atoms with Gasteiger partial charge in [0, 0.05) is 19.8 Å². The lowest BCUT2D eigenvalue weighted by atomic mass is 10.1. The van der Waals surface area contributed by atoms with Crippen molar-refractivity contribution in [3.05, 3.63) is 54.5 Å². The number of aromatic nitrogens is 5. The van der Waals surface area contributed by atoms with E-state index in [-0.39, 0.29) is 12.5 Å². The van der Waals surface area contributed by atoms with Gasteiger partial charge in [-0.1, -0.05) is 18.2 Å². The number of anilines is 4. The van der Waals surface area contributed by atoms with Gasteiger partial charge in [0.15, 0.2) is 0 Å². The number of benzene rings is 1. The van der Waals surface area contributed by atoms with E-state index in [1.807, 2.05) is 12.1 Å². The van der Waals surface area contributed by atoms with Crippen LogP contribution in [0, 0.1) is 0 Å². The molecule has 168 valence electrons. The maximum Gasteiger partial charge on any atom is 0.333 e. The summed E-state index contributed by atoms with van der Waals surface area (Å²) >= 11 is 0. The Morgan fingerprint density at radius 2 is 2.00 bits per heavy atom. The van der Waals surface area contributed by atoms with Crippen LogP contribution in [0.5, 0.6) is 0 Å². The summed E-state index contributed by atoms with van der Waals surface area (Å²) in [5.74, 6) is 0.662. The minimum atomic E-state index is -3.43. The molecule has 4 rings (SSSR count). The molecule has 3 N–H and O–H groups in total. The first-order valence-electron chi connectivity index (χ1n) is 9.42. The lowest BCUT2D eigenvalue weighted by Crippen LogP contribution is -2.26. The summed E-state index contributed by atoms with van der Waals surface area (Å²) in [7, 11) is -1.94. The van der Waals surface area contributed by atoms with Crippen molar-refractivity contribution in [2.75, 3.05) is 28.2 Å². The van der Waals surface area contributed by atoms with Gasteiger partial charge in [-0.3, -0.25) is 4.31 Å². The normalized spacial score (nSPS) is 11.8. The minimum Gasteiger partial charge on any atom is -0.365 e. The molecule has 4 aromatic rings. The fraction of sp³-hybridized carbons (Fsp3) is 0.211. The van der Waals surface area contributed by atoms with Gasteiger partial charge in [0.25, 0.3) is 0 Å². The number of nitrogens with one attached hydrogen (secondary N) is 3. The van der Waals surface area contributed by atoms with Crippen LogP contribution in [0.25, 0.3) is 11.0 Å². The van der Waals surface area contributed by atoms with E-state index in [1.54, 1.807) is 24.4 Å². The van der Waals surface area contributed by atoms with E-state index < -0.39 is 16.6 Å². The number of fused-ring (bicyclic) bond motifs is 1. The summed E-state index contributed by atoms with van der Waals surface area (Å²) in [6.45, 7) is -2.46. The number of aromatic amines is 1. The second kappa shape index (κ2) is 8.42. The fourth-order valence-corrected chi connectivity index (χ4v) is 3.63. The zero-order valence-electron chi connectivity index (χ0n) is 17.1. The summed E-state index contributed by atoms with van der Waals surface area (Å²) in [6.07, 6.45) is 5.24. The summed E-state index contributed by atoms with van der Waals surface area (Å²) in [4.78, 5) is 11.8. The first kappa shape index (κ1) is 21.5. The van der Waals surface area contributed by atoms with E-state index in [0.29, 0.717) is 32.9 Å². The molecule has 32 heavy (non-hydrogen) atoms. The second-order valence-electron chi connectivity index (χ2n) is 6.96. The number of sulfonamides is 1. The molecule has 0 fully saturated rings. The third-order valence-corrected chi connectivity index (χ3v) is 5.94. The molecule has 0 aliphatic carbocycles. The molecule has 0 unspecified atom stereocenters. The first-order chi connectivity index (χ1) is 15.2. The number of hydrogen-bond acceptors (Lipinski definition) is 7. The van der Waals surface area contributed by atoms with Crippen molar-refractivity contribution in [1.82, 2.24) is 24.7 Å². The Morgan fingerprint density at radius 3 is 2.72 bits per heavy atom. The first-order valence-corrected chi connectivity index (χ1v) is 11.3. The highest BCUT2D eigenvalue weighted by Crippen LogP contribution is 2.26. The molecule has 1 aromatic carbocycles. The predicted molar refractivity (Wildman–Crippen MR) is 118 cm³/mol. The predicted octanol–water partition coefficient (Wildman–Crippen LogP) is 3.30. The van der Waals surface area contributed by atoms with Crippen LogP contribution in [0.2, 0.25) is 0 Å². The molecule has 0 spiro atoms. The number of para-hydroxylation sites is 1. The molecule has 3 aromatic heterocycles. The van der Waals surface area contributed by atoms with E-state index in [0.717, 1.165) is 18.0 Å². The van der Waals surface area contributed by atoms with Crippen molar-refractivity contribution in [3.8, 4) is 0 Å². The maximum absolute atomic E-state index is 12.8. The van der Waals surface area contributed by atoms with Crippen LogP contribution in [0.3, 0.4) is 0 Å². The van der Waals surface area contributed by atoms with Gasteiger partial charge < -0.3 is 15.6 Å². The summed E-state index contributed by atoms with van der Waals surface area (Å²) < 4.78 is 51.2. The lowest BCUT2D eigenvalue weighted by molar-refractivity contribution is 0.0566. The molecule has 0 bridgehead atoms. The van der Waals surface area contributed by atoms with Crippen LogP contribution in [0.1, 0.15) is 12.1 Å². The standard InChI is InChI=1S/C19H20F2N8O2S/c1-28(32(2,30)31)15-6-4-3-5-12(15)9-23-17-14-7-8-22-16(14)26-19(27-17)25-13-10-24-29(11-13)18(20)21/h3-8,10-11,18H,9H2,1-2H3,(H3,22,23,25,26,27). The van der Waals surface area contributed by atoms with Crippen molar-refractivity contribution >= 4 is 44.2 Å². The fourth-order valence-electron chi connectivity index (χ4n) is 3.10. The van der Waals surface area contributed by atoms with Crippen molar-refractivity contribution in [1.29, 1.82) is 0 Å². The van der Waals surface area contributed by atoms with Gasteiger partial charge in [0.05, 0.1) is 35.4 Å². The van der Waals surface area contributed by atoms with Crippen LogP contribution in [0.15, 0.2) is 48.9 Å². The van der Waals surface area contributed by atoms with Gasteiger partial charge in [0.1, 0.15) is 11.5 Å². The molecule has 0 saturated heterocycles. The molecule has 0 aliphatic heterocycles. The molecule has 0 atom stereocenters. The molecule has 0 aliphatic rings. The Balaban J connectivity index is 1.61. The SMILES string of the molecule is CN(c1ccccc1CNc1nc(Nc2cnn(C(F)F)c2)nc2[nH]ccc12)S(C)(=O)=O. The summed E-state index contributed by atoms with van der Waals surface area (Å²) in [5, 5.41) is 10.4. The molecular weight excluding hydrogens is 442 g/mol. The van der Waals surface area contributed by atoms with Gasteiger partial charge in [0.2, 0.25) is 16.0 Å². The molecular formula is C19H20F2N8O2S. The highest BCUT2D eigenvalue weighted by Gasteiger charge is 2.16. The van der Waals surface area contributed by atoms with Crippen LogP contribution >= 0.6 is 0 Å². The maximum atomic E-state index is 12.8. The summed E-state index contributed by atoms with van der Waals surface area (Å²) in [5.41, 5.74) is 2.13. The minimum absolute atomic E-state index is 0.179. The smallest absolute Gasteiger partial charge is 0.333 e. The number of H-pyrrole nitrogens is 1. The van der Waals surface area contributed by atoms with Gasteiger partial charge in [-0.05, 0) is 17.7 Å². The average molecular weight is 462 g/mol. The Morgan fingerprint density at radius 1 is 1.22 bits per heavy atom. The quantitative estimate of drug-likeness (QED) is 0.367. The van der Waals surface area contributed by atoms with Crippen LogP contribution < -0.4 is 14.9 Å². The van der Waals surface area contributed by atoms with Gasteiger partial charge >= 0.3 is 6.55 Å². The Hall–Kier alpha value is -3.74. The van der Waals surface area contributed by atoms with Crippen molar-refractivity contribution in [3.63, 3.8) is 0 Å². The van der Waals surface area contributed by atoms with E-state index in [2.05, 4.69) is 30.7 Å². The Kier molecular flexibility index (Phi) is 5.65. The van der Waals surface area contributed by atoms with E-state index in [4.69, 9.17) is 0 Å². The molecule has 0 amide bonds. The van der Waals surface area contributed by atoms with Crippen LogP contribution in [0.4, 0.5) is 31.9 Å². The zero-order valence-corrected chi connectivity index (χ0v) is 17.9. The van der Waals surface area contributed by atoms with Crippen molar-refractivity contribution < 1.29 is 17.2 Å². The largest absolute Gasteiger partial charge is 0.365 e. The van der Waals surface area contributed by atoms with E-state index in [9.17, 15) is 17.2 Å². The van der Waals surface area contributed by atoms with Gasteiger partial charge in [-0.15, -0.1) is 0 Å². The second-order valence-corrected chi connectivity index (χ2v) is 8.97. The highest BCUT2D eigenvalue weighted by molar-refractivity contribution is 7.92. The molecule has 13 heteroatoms. The molecule has 0 radical (unpaired) electrons. The average Bonchev–Trinajstić information content (AvgIpc) is 3.40. The van der Waals surface area contributed by atoms with Crippen LogP contribution in [-0.2, 0) is 16.6 Å². The third-order valence-electron chi connectivity index (χ3n) is 4.75. The Labute approximate surface area is 182 Å². The number of hydrogen-bond donors (Lipinski definition) is 3. The number of alkyl halides is 2. The number of halogens is 2. The van der Waals surface area contributed by atoms with E-state index in [1.165, 1.54) is 17.5 Å². The highest BCUT2D eigenvalue weighted by atomic mass is 32.2. The lowest BCUT2D eigenvalue weighted by Gasteiger charge is -2.20. The Bertz CT molecular complexity index is 1350. The summed E-state index contributed by atoms with van der Waals surface area (Å²) in [6, 6.07) is 8.91. The van der Waals surface area contributed by atoms with Crippen molar-refractivity contribution in [2.45, 2.75) is 13.1 Å². The number of rotatable bonds is 8. The third kappa shape index (κ3) is 4.46. The topological polar surface area (TPSA) is 121 Å². The van der Waals surface area contributed by atoms with Gasteiger partial charge in [-0.25, -0.2) is 13.1 Å². The molecule has 10 nitrogen and oxygen atoms in total. The molecule has 0 saturated carbocycles. The van der Waals surface area contributed by atoms with Gasteiger partial charge in [-0.2, -0.15) is 23.8 Å².